The fraction of sp³-hybridized carbons (Fsp3) is 0.0698. The molecule has 0 atom stereocenters. The summed E-state index contributed by atoms with van der Waals surface area (Å²) in [4.78, 5) is 20.0. The predicted molar refractivity (Wildman–Crippen MR) is 192 cm³/mol. The van der Waals surface area contributed by atoms with Crippen LogP contribution in [0.2, 0.25) is 0 Å². The van der Waals surface area contributed by atoms with Crippen LogP contribution in [0.4, 0.5) is 0 Å². The Morgan fingerprint density at radius 1 is 0.404 bits per heavy atom. The zero-order valence-corrected chi connectivity index (χ0v) is 26.1. The van der Waals surface area contributed by atoms with E-state index in [0.29, 0.717) is 17.5 Å². The average Bonchev–Trinajstić information content (AvgIpc) is 3.38. The quantitative estimate of drug-likeness (QED) is 0.188. The highest BCUT2D eigenvalue weighted by Gasteiger charge is 2.36. The molecule has 0 N–H and O–H groups in total. The Morgan fingerprint density at radius 2 is 0.936 bits per heavy atom. The van der Waals surface area contributed by atoms with Crippen molar-refractivity contribution < 1.29 is 0 Å². The topological polar surface area (TPSA) is 51.6 Å². The number of nitrogens with zero attached hydrogens (tertiary/aromatic N) is 4. The fourth-order valence-corrected chi connectivity index (χ4v) is 7.17. The Labute approximate surface area is 273 Å². The maximum Gasteiger partial charge on any atom is 0.164 e. The van der Waals surface area contributed by atoms with Gasteiger partial charge in [0.15, 0.2) is 17.5 Å². The molecule has 1 aliphatic carbocycles. The smallest absolute Gasteiger partial charge is 0.164 e. The second-order valence-corrected chi connectivity index (χ2v) is 12.7. The van der Waals surface area contributed by atoms with Crippen molar-refractivity contribution >= 4 is 21.7 Å². The molecule has 0 bridgehead atoms. The number of pyridine rings is 1. The van der Waals surface area contributed by atoms with E-state index in [2.05, 4.69) is 98.8 Å². The molecule has 8 aromatic rings. The molecule has 0 unspecified atom stereocenters. The lowest BCUT2D eigenvalue weighted by molar-refractivity contribution is 0.661. The van der Waals surface area contributed by atoms with E-state index >= 15 is 0 Å². The Kier molecular flexibility index (Phi) is 6.12. The molecule has 0 saturated heterocycles. The third kappa shape index (κ3) is 4.37. The molecule has 1 aliphatic rings. The molecule has 0 radical (unpaired) electrons. The maximum absolute atomic E-state index is 5.26. The molecule has 4 nitrogen and oxygen atoms in total. The molecule has 0 fully saturated rings. The first-order valence-corrected chi connectivity index (χ1v) is 16.0. The molecule has 4 heteroatoms. The monoisotopic (exact) mass is 602 g/mol. The van der Waals surface area contributed by atoms with E-state index in [1.54, 1.807) is 0 Å². The van der Waals surface area contributed by atoms with Crippen LogP contribution in [0.15, 0.2) is 146 Å². The Morgan fingerprint density at radius 3 is 1.60 bits per heavy atom. The number of aromatic nitrogens is 4. The molecule has 222 valence electrons. The van der Waals surface area contributed by atoms with Crippen LogP contribution in [0.1, 0.15) is 25.0 Å². The molecule has 47 heavy (non-hydrogen) atoms. The molecule has 9 rings (SSSR count). The Balaban J connectivity index is 1.22. The van der Waals surface area contributed by atoms with Gasteiger partial charge in [-0.1, -0.05) is 153 Å². The molecule has 6 aromatic carbocycles. The van der Waals surface area contributed by atoms with Crippen molar-refractivity contribution in [3.8, 4) is 56.5 Å². The van der Waals surface area contributed by atoms with E-state index in [9.17, 15) is 0 Å². The number of hydrogen-bond donors (Lipinski definition) is 0. The summed E-state index contributed by atoms with van der Waals surface area (Å²) in [6.07, 6.45) is 0. The normalized spacial score (nSPS) is 13.1. The second kappa shape index (κ2) is 10.5. The molecule has 2 aromatic heterocycles. The van der Waals surface area contributed by atoms with Crippen molar-refractivity contribution in [1.29, 1.82) is 0 Å². The summed E-state index contributed by atoms with van der Waals surface area (Å²) in [5.74, 6) is 1.94. The van der Waals surface area contributed by atoms with Gasteiger partial charge >= 0.3 is 0 Å². The van der Waals surface area contributed by atoms with Crippen LogP contribution in [-0.4, -0.2) is 19.9 Å². The third-order valence-corrected chi connectivity index (χ3v) is 9.53. The average molecular weight is 603 g/mol. The van der Waals surface area contributed by atoms with Gasteiger partial charge in [-0.2, -0.15) is 0 Å². The van der Waals surface area contributed by atoms with Gasteiger partial charge in [0, 0.05) is 43.8 Å². The molecule has 2 heterocycles. The van der Waals surface area contributed by atoms with Crippen molar-refractivity contribution in [2.75, 3.05) is 0 Å². The first-order valence-electron chi connectivity index (χ1n) is 16.0. The minimum absolute atomic E-state index is 0.0753. The van der Waals surface area contributed by atoms with E-state index in [-0.39, 0.29) is 5.41 Å². The van der Waals surface area contributed by atoms with E-state index in [4.69, 9.17) is 19.9 Å². The van der Waals surface area contributed by atoms with Gasteiger partial charge in [0.05, 0.1) is 11.2 Å². The van der Waals surface area contributed by atoms with Crippen molar-refractivity contribution in [3.05, 3.63) is 157 Å². The van der Waals surface area contributed by atoms with Crippen molar-refractivity contribution in [3.63, 3.8) is 0 Å². The summed E-state index contributed by atoms with van der Waals surface area (Å²) in [5, 5.41) is 3.60. The van der Waals surface area contributed by atoms with Gasteiger partial charge in [0.2, 0.25) is 0 Å². The van der Waals surface area contributed by atoms with Crippen LogP contribution in [0, 0.1) is 0 Å². The van der Waals surface area contributed by atoms with E-state index in [1.807, 2.05) is 60.7 Å². The number of fused-ring (bicyclic) bond motifs is 7. The molecular formula is C43H30N4. The first kappa shape index (κ1) is 27.3. The van der Waals surface area contributed by atoms with E-state index in [0.717, 1.165) is 38.9 Å². The lowest BCUT2D eigenvalue weighted by Crippen LogP contribution is -2.14. The van der Waals surface area contributed by atoms with Gasteiger partial charge in [-0.05, 0) is 28.3 Å². The summed E-state index contributed by atoms with van der Waals surface area (Å²) >= 11 is 0. The standard InChI is InChI=1S/C43H30N4/c1-43(2)34-19-11-9-17-31(34)38-35(43)26-25-33-37(38)32-18-10-12-20-36(32)44-39(33)27-21-23-30(24-22-27)42-46-40(28-13-5-3-6-14-28)45-41(47-42)29-15-7-4-8-16-29/h3-26H,1-2H3. The zero-order chi connectivity index (χ0) is 31.5. The molecule has 0 aliphatic heterocycles. The van der Waals surface area contributed by atoms with Crippen LogP contribution < -0.4 is 0 Å². The largest absolute Gasteiger partial charge is 0.247 e. The van der Waals surface area contributed by atoms with Crippen LogP contribution >= 0.6 is 0 Å². The second-order valence-electron chi connectivity index (χ2n) is 12.7. The summed E-state index contributed by atoms with van der Waals surface area (Å²) in [6.45, 7) is 4.67. The van der Waals surface area contributed by atoms with Gasteiger partial charge in [0.1, 0.15) is 0 Å². The molecule has 0 spiro atoms. The third-order valence-electron chi connectivity index (χ3n) is 9.53. The first-order chi connectivity index (χ1) is 23.1. The lowest BCUT2D eigenvalue weighted by Gasteiger charge is -2.22. The van der Waals surface area contributed by atoms with Gasteiger partial charge in [-0.15, -0.1) is 0 Å². The van der Waals surface area contributed by atoms with Gasteiger partial charge in [0.25, 0.3) is 0 Å². The van der Waals surface area contributed by atoms with Crippen LogP contribution in [-0.2, 0) is 5.41 Å². The Bertz CT molecular complexity index is 2410. The Hall–Kier alpha value is -6.00. The summed E-state index contributed by atoms with van der Waals surface area (Å²) in [5.41, 5.74) is 11.1. The van der Waals surface area contributed by atoms with E-state index in [1.165, 1.54) is 33.0 Å². The van der Waals surface area contributed by atoms with Crippen LogP contribution in [0.3, 0.4) is 0 Å². The summed E-state index contributed by atoms with van der Waals surface area (Å²) in [6, 6.07) is 50.6. The molecular weight excluding hydrogens is 573 g/mol. The highest BCUT2D eigenvalue weighted by atomic mass is 15.0. The summed E-state index contributed by atoms with van der Waals surface area (Å²) in [7, 11) is 0. The van der Waals surface area contributed by atoms with Crippen molar-refractivity contribution in [2.45, 2.75) is 19.3 Å². The van der Waals surface area contributed by atoms with Gasteiger partial charge in [-0.3, -0.25) is 0 Å². The fourth-order valence-electron chi connectivity index (χ4n) is 7.17. The van der Waals surface area contributed by atoms with Gasteiger partial charge < -0.3 is 0 Å². The molecule has 0 saturated carbocycles. The minimum Gasteiger partial charge on any atom is -0.247 e. The van der Waals surface area contributed by atoms with Crippen molar-refractivity contribution in [1.82, 2.24) is 19.9 Å². The number of benzene rings is 6. The number of para-hydroxylation sites is 1. The van der Waals surface area contributed by atoms with Crippen LogP contribution in [0.5, 0.6) is 0 Å². The minimum atomic E-state index is -0.0753. The highest BCUT2D eigenvalue weighted by Crippen LogP contribution is 2.53. The van der Waals surface area contributed by atoms with Crippen molar-refractivity contribution in [2.24, 2.45) is 0 Å². The van der Waals surface area contributed by atoms with Gasteiger partial charge in [-0.25, -0.2) is 19.9 Å². The zero-order valence-electron chi connectivity index (χ0n) is 26.1. The predicted octanol–water partition coefficient (Wildman–Crippen LogP) is 10.5. The van der Waals surface area contributed by atoms with Crippen LogP contribution in [0.25, 0.3) is 78.2 Å². The molecule has 0 amide bonds. The number of rotatable bonds is 4. The SMILES string of the molecule is CC1(C)c2ccccc2-c2c1ccc1c(-c3ccc(-c4nc(-c5ccccc5)nc(-c5ccccc5)n4)cc3)nc3ccccc3c21. The summed E-state index contributed by atoms with van der Waals surface area (Å²) < 4.78 is 0. The number of hydrogen-bond acceptors (Lipinski definition) is 4. The van der Waals surface area contributed by atoms with E-state index < -0.39 is 0 Å². The lowest BCUT2D eigenvalue weighted by atomic mass is 9.82. The highest BCUT2D eigenvalue weighted by molar-refractivity contribution is 6.19. The maximum atomic E-state index is 5.26.